The van der Waals surface area contributed by atoms with Gasteiger partial charge in [-0.2, -0.15) is 0 Å². The summed E-state index contributed by atoms with van der Waals surface area (Å²) < 4.78 is 25.0. The molecule has 2 aromatic rings. The number of carboxylic acid groups (broad SMARTS) is 1. The topological polar surface area (TPSA) is 145 Å². The zero-order valence-corrected chi connectivity index (χ0v) is 24.0. The van der Waals surface area contributed by atoms with Gasteiger partial charge < -0.3 is 15.3 Å². The summed E-state index contributed by atoms with van der Waals surface area (Å²) in [5.41, 5.74) is 1.68. The lowest BCUT2D eigenvalue weighted by Gasteiger charge is -2.30. The lowest BCUT2D eigenvalue weighted by molar-refractivity contribution is -0.138. The first-order valence-corrected chi connectivity index (χ1v) is 15.2. The molecule has 0 aliphatic carbocycles. The van der Waals surface area contributed by atoms with Crippen molar-refractivity contribution in [2.45, 2.75) is 19.0 Å². The molecule has 38 heavy (non-hydrogen) atoms. The van der Waals surface area contributed by atoms with E-state index in [1.165, 1.54) is 6.07 Å². The zero-order chi connectivity index (χ0) is 28.2. The van der Waals surface area contributed by atoms with E-state index in [0.29, 0.717) is 34.7 Å². The number of nitrogens with one attached hydrogen (secondary N) is 2. The van der Waals surface area contributed by atoms with Crippen LogP contribution in [0.5, 0.6) is 0 Å². The van der Waals surface area contributed by atoms with Crippen molar-refractivity contribution < 1.29 is 27.9 Å². The van der Waals surface area contributed by atoms with Gasteiger partial charge in [0.05, 0.1) is 28.4 Å². The summed E-state index contributed by atoms with van der Waals surface area (Å²) in [6.45, 7) is 0.116. The molecule has 1 aliphatic heterocycles. The van der Waals surface area contributed by atoms with Crippen LogP contribution in [0.25, 0.3) is 0 Å². The Kier molecular flexibility index (Phi) is 9.93. The largest absolute Gasteiger partial charge is 0.480 e. The Labute approximate surface area is 238 Å². The maximum Gasteiger partial charge on any atom is 0.328 e. The van der Waals surface area contributed by atoms with E-state index < -0.39 is 34.5 Å². The Morgan fingerprint density at radius 2 is 1.84 bits per heavy atom. The number of amidine groups is 1. The fraction of sp³-hybridized carbons (Fsp3) is 0.304. The van der Waals surface area contributed by atoms with Gasteiger partial charge in [-0.1, -0.05) is 46.6 Å². The third-order valence-corrected chi connectivity index (χ3v) is 7.78. The van der Waals surface area contributed by atoms with Crippen LogP contribution < -0.4 is 10.0 Å². The normalized spacial score (nSPS) is 14.4. The van der Waals surface area contributed by atoms with Crippen LogP contribution in [0.3, 0.4) is 0 Å². The van der Waals surface area contributed by atoms with E-state index in [2.05, 4.69) is 15.0 Å². The van der Waals surface area contributed by atoms with Crippen molar-refractivity contribution in [3.05, 3.63) is 67.7 Å². The third kappa shape index (κ3) is 7.54. The minimum absolute atomic E-state index is 0.0109. The number of aliphatic imine (C=N–C) groups is 1. The lowest BCUT2D eigenvalue weighted by atomic mass is 9.96. The average molecular weight is 622 g/mol. The van der Waals surface area contributed by atoms with Crippen molar-refractivity contribution in [1.82, 2.24) is 14.9 Å². The summed E-state index contributed by atoms with van der Waals surface area (Å²) in [6.07, 6.45) is 2.84. The first-order chi connectivity index (χ1) is 17.8. The number of rotatable bonds is 7. The van der Waals surface area contributed by atoms with Crippen LogP contribution in [0.2, 0.25) is 15.1 Å². The van der Waals surface area contributed by atoms with E-state index >= 15 is 0 Å². The highest BCUT2D eigenvalue weighted by Gasteiger charge is 2.29. The number of aliphatic carboxylic acids is 1. The molecule has 0 spiro atoms. The molecule has 10 nitrogen and oxygen atoms in total. The van der Waals surface area contributed by atoms with Crippen molar-refractivity contribution in [1.29, 1.82) is 0 Å². The summed E-state index contributed by atoms with van der Waals surface area (Å²) in [6, 6.07) is 6.58. The van der Waals surface area contributed by atoms with E-state index in [9.17, 15) is 27.9 Å². The van der Waals surface area contributed by atoms with Crippen LogP contribution in [0, 0.1) is 0 Å². The van der Waals surface area contributed by atoms with Crippen LogP contribution in [0.15, 0.2) is 35.3 Å². The zero-order valence-electron chi connectivity index (χ0n) is 20.1. The molecule has 0 fully saturated rings. The number of halogens is 3. The van der Waals surface area contributed by atoms with Crippen LogP contribution >= 0.6 is 46.6 Å². The standard InChI is InChI=1S/C23H23Cl3N4O6S2/c1-37-23(29-38(2,35)36)27-10-17(22(33)34)28-20(31)18-16(25)9-13-11-30(8-7-15(13)19(18)26)21(32)12-3-5-14(24)6-4-12/h3-6,9,17H,7-8,10-11H2,1-2H3,(H,27,29)(H,28,31)(H,33,34)/t17-/m0/s1. The second-order valence-electron chi connectivity index (χ2n) is 8.26. The number of benzene rings is 2. The van der Waals surface area contributed by atoms with Crippen LogP contribution in [-0.2, 0) is 27.8 Å². The fourth-order valence-electron chi connectivity index (χ4n) is 3.70. The number of amides is 2. The molecule has 204 valence electrons. The lowest BCUT2D eigenvalue weighted by Crippen LogP contribution is -2.44. The second-order valence-corrected chi connectivity index (χ2v) is 12.0. The number of carbonyl (C=O) groups excluding carboxylic acids is 2. The minimum Gasteiger partial charge on any atom is -0.480 e. The van der Waals surface area contributed by atoms with Gasteiger partial charge >= 0.3 is 5.97 Å². The fourth-order valence-corrected chi connectivity index (χ4v) is 5.96. The van der Waals surface area contributed by atoms with Gasteiger partial charge in [0.25, 0.3) is 11.8 Å². The van der Waals surface area contributed by atoms with Gasteiger partial charge in [0.15, 0.2) is 5.17 Å². The Balaban J connectivity index is 1.79. The number of thioether (sulfide) groups is 1. The van der Waals surface area contributed by atoms with E-state index in [0.717, 1.165) is 18.0 Å². The first kappa shape index (κ1) is 30.0. The number of carbonyl (C=O) groups is 3. The molecule has 1 aliphatic rings. The number of sulfonamides is 1. The van der Waals surface area contributed by atoms with Crippen molar-refractivity contribution in [3.8, 4) is 0 Å². The maximum atomic E-state index is 13.0. The molecule has 2 aromatic carbocycles. The molecule has 3 N–H and O–H groups in total. The molecule has 3 rings (SSSR count). The molecule has 0 aromatic heterocycles. The predicted octanol–water partition coefficient (Wildman–Crippen LogP) is 3.30. The Hall–Kier alpha value is -2.51. The second kappa shape index (κ2) is 12.6. The van der Waals surface area contributed by atoms with Gasteiger partial charge in [0.1, 0.15) is 6.04 Å². The first-order valence-electron chi connectivity index (χ1n) is 10.9. The highest BCUT2D eigenvalue weighted by atomic mass is 35.5. The SMILES string of the molecule is CSC(=NC[C@H](NC(=O)c1c(Cl)cc2c(c1Cl)CCN(C(=O)c1ccc(Cl)cc1)C2)C(=O)O)NS(C)(=O)=O. The average Bonchev–Trinajstić information content (AvgIpc) is 2.84. The number of fused-ring (bicyclic) bond motifs is 1. The van der Waals surface area contributed by atoms with Crippen molar-refractivity contribution in [2.75, 3.05) is 25.6 Å². The maximum absolute atomic E-state index is 13.0. The van der Waals surface area contributed by atoms with Crippen molar-refractivity contribution in [2.24, 2.45) is 4.99 Å². The number of carboxylic acids is 1. The molecule has 0 bridgehead atoms. The van der Waals surface area contributed by atoms with E-state index in [4.69, 9.17) is 34.8 Å². The van der Waals surface area contributed by atoms with Gasteiger partial charge in [-0.25, -0.2) is 13.2 Å². The third-order valence-electron chi connectivity index (χ3n) is 5.50. The highest BCUT2D eigenvalue weighted by Crippen LogP contribution is 2.35. The molecule has 0 unspecified atom stereocenters. The van der Waals surface area contributed by atoms with Crippen molar-refractivity contribution in [3.63, 3.8) is 0 Å². The number of hydrogen-bond donors (Lipinski definition) is 3. The van der Waals surface area contributed by atoms with Gasteiger partial charge in [0.2, 0.25) is 10.0 Å². The van der Waals surface area contributed by atoms with Crippen LogP contribution in [-0.4, -0.2) is 73.0 Å². The molecule has 15 heteroatoms. The molecule has 1 atom stereocenters. The molecule has 0 radical (unpaired) electrons. The Morgan fingerprint density at radius 3 is 2.42 bits per heavy atom. The van der Waals surface area contributed by atoms with E-state index in [1.807, 2.05) is 0 Å². The number of nitrogens with zero attached hydrogens (tertiary/aromatic N) is 2. The van der Waals surface area contributed by atoms with Gasteiger partial charge in [-0.05, 0) is 54.1 Å². The van der Waals surface area contributed by atoms with Crippen molar-refractivity contribution >= 4 is 79.5 Å². The molecule has 2 amide bonds. The Morgan fingerprint density at radius 1 is 1.18 bits per heavy atom. The highest BCUT2D eigenvalue weighted by molar-refractivity contribution is 8.14. The minimum atomic E-state index is -3.62. The summed E-state index contributed by atoms with van der Waals surface area (Å²) >= 11 is 19.8. The van der Waals surface area contributed by atoms with Gasteiger partial charge in [-0.15, -0.1) is 0 Å². The summed E-state index contributed by atoms with van der Waals surface area (Å²) in [7, 11) is -3.62. The molecule has 0 saturated heterocycles. The summed E-state index contributed by atoms with van der Waals surface area (Å²) in [4.78, 5) is 43.3. The smallest absolute Gasteiger partial charge is 0.328 e. The van der Waals surface area contributed by atoms with Gasteiger partial charge in [-0.3, -0.25) is 19.3 Å². The summed E-state index contributed by atoms with van der Waals surface area (Å²) in [5, 5.41) is 12.5. The Bertz CT molecular complexity index is 1400. The molecular weight excluding hydrogens is 599 g/mol. The molecular formula is C23H23Cl3N4O6S2. The molecule has 1 heterocycles. The van der Waals surface area contributed by atoms with Crippen LogP contribution in [0.1, 0.15) is 31.8 Å². The predicted molar refractivity (Wildman–Crippen MR) is 149 cm³/mol. The van der Waals surface area contributed by atoms with E-state index in [-0.39, 0.29) is 33.2 Å². The van der Waals surface area contributed by atoms with Gasteiger partial charge in [0, 0.05) is 23.7 Å². The monoisotopic (exact) mass is 620 g/mol. The van der Waals surface area contributed by atoms with E-state index in [1.54, 1.807) is 35.4 Å². The molecule has 0 saturated carbocycles. The van der Waals surface area contributed by atoms with Crippen LogP contribution in [0.4, 0.5) is 0 Å². The number of hydrogen-bond acceptors (Lipinski definition) is 7. The summed E-state index contributed by atoms with van der Waals surface area (Å²) in [5.74, 6) is -2.41. The quantitative estimate of drug-likeness (QED) is 0.318.